The molecule has 0 spiro atoms. The molecule has 182 valence electrons. The van der Waals surface area contributed by atoms with Gasteiger partial charge < -0.3 is 20.9 Å². The number of hydrogen-bond acceptors (Lipinski definition) is 5. The van der Waals surface area contributed by atoms with Crippen molar-refractivity contribution in [3.63, 3.8) is 0 Å². The van der Waals surface area contributed by atoms with Gasteiger partial charge >= 0.3 is 5.97 Å². The van der Waals surface area contributed by atoms with E-state index >= 15 is 0 Å². The van der Waals surface area contributed by atoms with Gasteiger partial charge in [0.15, 0.2) is 0 Å². The van der Waals surface area contributed by atoms with Gasteiger partial charge in [0, 0.05) is 53.9 Å². The number of carboxylic acid groups (broad SMARTS) is 1. The van der Waals surface area contributed by atoms with E-state index in [2.05, 4.69) is 16.4 Å². The molecule has 1 heterocycles. The topological polar surface area (TPSA) is 114 Å². The minimum absolute atomic E-state index is 0.0971. The lowest BCUT2D eigenvalue weighted by Crippen LogP contribution is -2.29. The standard InChI is InChI=1S/C28H31N3O4/c1-5-9-31-27(32)17-7-8-18(19(12-17)28(33)34)26-20-10-15(3)22(29)13-24(20)35-25-14-23(30-6-2)16(4)11-21(25)26/h7-8,10-14,21,26H,5-6,9,29H2,1-4H3,(H,31,32)(H,33,34). The van der Waals surface area contributed by atoms with E-state index in [9.17, 15) is 14.7 Å². The summed E-state index contributed by atoms with van der Waals surface area (Å²) in [4.78, 5) is 29.5. The second-order valence-corrected chi connectivity index (χ2v) is 8.97. The number of amides is 1. The summed E-state index contributed by atoms with van der Waals surface area (Å²) in [6.45, 7) is 9.04. The number of aryl methyl sites for hydroxylation is 1. The van der Waals surface area contributed by atoms with Crippen molar-refractivity contribution in [1.82, 2.24) is 5.32 Å². The van der Waals surface area contributed by atoms with Crippen molar-refractivity contribution in [2.24, 2.45) is 10.9 Å². The monoisotopic (exact) mass is 473 g/mol. The lowest BCUT2D eigenvalue weighted by molar-refractivity contribution is 0.0695. The Bertz CT molecular complexity index is 1290. The second kappa shape index (κ2) is 9.78. The van der Waals surface area contributed by atoms with Crippen molar-refractivity contribution in [1.29, 1.82) is 0 Å². The van der Waals surface area contributed by atoms with Gasteiger partial charge in [0.05, 0.1) is 11.3 Å². The second-order valence-electron chi connectivity index (χ2n) is 8.97. The zero-order chi connectivity index (χ0) is 25.3. The Balaban J connectivity index is 1.91. The molecule has 1 amide bonds. The fraction of sp³-hybridized carbons (Fsp3) is 0.321. The van der Waals surface area contributed by atoms with Crippen LogP contribution in [0.4, 0.5) is 5.69 Å². The largest absolute Gasteiger partial charge is 0.478 e. The van der Waals surface area contributed by atoms with Crippen LogP contribution < -0.4 is 15.8 Å². The van der Waals surface area contributed by atoms with Crippen LogP contribution in [-0.2, 0) is 0 Å². The van der Waals surface area contributed by atoms with Crippen LogP contribution >= 0.6 is 0 Å². The highest BCUT2D eigenvalue weighted by molar-refractivity contribution is 6.09. The predicted molar refractivity (Wildman–Crippen MR) is 137 cm³/mol. The number of carboxylic acids is 1. The molecular formula is C28H31N3O4. The van der Waals surface area contributed by atoms with Gasteiger partial charge in [-0.15, -0.1) is 0 Å². The van der Waals surface area contributed by atoms with Crippen LogP contribution in [0.15, 0.2) is 58.8 Å². The van der Waals surface area contributed by atoms with Crippen molar-refractivity contribution < 1.29 is 19.4 Å². The van der Waals surface area contributed by atoms with Gasteiger partial charge in [-0.05, 0) is 62.1 Å². The van der Waals surface area contributed by atoms with Gasteiger partial charge in [0.25, 0.3) is 5.91 Å². The first kappa shape index (κ1) is 24.3. The number of ether oxygens (including phenoxy) is 1. The number of carbonyl (C=O) groups excluding carboxylic acids is 1. The van der Waals surface area contributed by atoms with Gasteiger partial charge in [0.2, 0.25) is 0 Å². The molecule has 0 saturated heterocycles. The number of carbonyl (C=O) groups is 2. The molecule has 2 aromatic rings. The minimum Gasteiger partial charge on any atom is -0.478 e. The maximum atomic E-state index is 12.5. The third-order valence-corrected chi connectivity index (χ3v) is 6.51. The average molecular weight is 474 g/mol. The van der Waals surface area contributed by atoms with Crippen LogP contribution in [-0.4, -0.2) is 35.8 Å². The number of fused-ring (bicyclic) bond motifs is 2. The van der Waals surface area contributed by atoms with E-state index in [0.717, 1.165) is 28.8 Å². The molecule has 1 aliphatic heterocycles. The summed E-state index contributed by atoms with van der Waals surface area (Å²) in [6, 6.07) is 8.68. The van der Waals surface area contributed by atoms with Gasteiger partial charge in [0.1, 0.15) is 11.5 Å². The summed E-state index contributed by atoms with van der Waals surface area (Å²) in [6.07, 6.45) is 4.82. The SMILES string of the molecule is CCCNC(=O)c1ccc(C2c3cc(C)c(N)cc3OC3=CC(=NCC)C(C)=CC32)c(C(=O)O)c1. The average Bonchev–Trinajstić information content (AvgIpc) is 2.83. The number of anilines is 1. The van der Waals surface area contributed by atoms with Crippen molar-refractivity contribution in [2.45, 2.75) is 40.0 Å². The van der Waals surface area contributed by atoms with Crippen molar-refractivity contribution in [2.75, 3.05) is 18.8 Å². The molecule has 7 nitrogen and oxygen atoms in total. The summed E-state index contributed by atoms with van der Waals surface area (Å²) in [5.41, 5.74) is 11.5. The molecule has 2 atom stereocenters. The number of rotatable bonds is 6. The van der Waals surface area contributed by atoms with Crippen molar-refractivity contribution >= 4 is 23.3 Å². The number of nitrogens with zero attached hydrogens (tertiary/aromatic N) is 1. The Morgan fingerprint density at radius 3 is 2.60 bits per heavy atom. The molecule has 4 rings (SSSR count). The van der Waals surface area contributed by atoms with E-state index in [1.165, 1.54) is 6.07 Å². The van der Waals surface area contributed by atoms with E-state index in [1.54, 1.807) is 18.2 Å². The fourth-order valence-electron chi connectivity index (χ4n) is 4.71. The Morgan fingerprint density at radius 1 is 1.14 bits per heavy atom. The summed E-state index contributed by atoms with van der Waals surface area (Å²) < 4.78 is 6.30. The summed E-state index contributed by atoms with van der Waals surface area (Å²) >= 11 is 0. The van der Waals surface area contributed by atoms with Crippen LogP contribution in [0.2, 0.25) is 0 Å². The quantitative estimate of drug-likeness (QED) is 0.519. The van der Waals surface area contributed by atoms with Gasteiger partial charge in [-0.3, -0.25) is 9.79 Å². The number of benzene rings is 2. The fourth-order valence-corrected chi connectivity index (χ4v) is 4.71. The van der Waals surface area contributed by atoms with Gasteiger partial charge in [-0.2, -0.15) is 0 Å². The summed E-state index contributed by atoms with van der Waals surface area (Å²) in [5.74, 6) is -0.623. The number of nitrogens with two attached hydrogens (primary N) is 1. The van der Waals surface area contributed by atoms with E-state index in [0.29, 0.717) is 41.4 Å². The molecule has 1 aliphatic carbocycles. The third-order valence-electron chi connectivity index (χ3n) is 6.51. The Hall–Kier alpha value is -3.87. The summed E-state index contributed by atoms with van der Waals surface area (Å²) in [7, 11) is 0. The van der Waals surface area contributed by atoms with Crippen molar-refractivity contribution in [3.8, 4) is 5.75 Å². The lowest BCUT2D eigenvalue weighted by atomic mass is 9.73. The third kappa shape index (κ3) is 4.58. The number of nitrogen functional groups attached to an aromatic ring is 1. The Morgan fingerprint density at radius 2 is 1.91 bits per heavy atom. The van der Waals surface area contributed by atoms with Crippen molar-refractivity contribution in [3.05, 3.63) is 81.6 Å². The molecule has 35 heavy (non-hydrogen) atoms. The summed E-state index contributed by atoms with van der Waals surface area (Å²) in [5, 5.41) is 13.0. The maximum Gasteiger partial charge on any atom is 0.336 e. The highest BCUT2D eigenvalue weighted by Gasteiger charge is 2.39. The van der Waals surface area contributed by atoms with Crippen LogP contribution in [0.25, 0.3) is 0 Å². The first-order valence-electron chi connectivity index (χ1n) is 11.9. The molecule has 0 fully saturated rings. The van der Waals surface area contributed by atoms with E-state index in [1.807, 2.05) is 39.8 Å². The molecule has 2 unspecified atom stereocenters. The first-order chi connectivity index (χ1) is 16.7. The number of hydrogen-bond donors (Lipinski definition) is 3. The predicted octanol–water partition coefficient (Wildman–Crippen LogP) is 4.86. The lowest BCUT2D eigenvalue weighted by Gasteiger charge is -2.37. The Kier molecular flexibility index (Phi) is 6.78. The molecule has 0 saturated carbocycles. The number of allylic oxidation sites excluding steroid dienone is 3. The van der Waals surface area contributed by atoms with Gasteiger partial charge in [-0.1, -0.05) is 19.1 Å². The molecule has 2 aliphatic rings. The zero-order valence-corrected chi connectivity index (χ0v) is 20.5. The molecule has 0 radical (unpaired) electrons. The van der Waals surface area contributed by atoms with E-state index < -0.39 is 5.97 Å². The smallest absolute Gasteiger partial charge is 0.336 e. The molecule has 0 bridgehead atoms. The highest BCUT2D eigenvalue weighted by Crippen LogP contribution is 2.49. The molecule has 4 N–H and O–H groups in total. The van der Waals surface area contributed by atoms with Crippen LogP contribution in [0.5, 0.6) is 5.75 Å². The molecule has 0 aromatic heterocycles. The normalized spacial score (nSPS) is 19.7. The maximum absolute atomic E-state index is 12.5. The van der Waals surface area contributed by atoms with Gasteiger partial charge in [-0.25, -0.2) is 4.79 Å². The van der Waals surface area contributed by atoms with Crippen LogP contribution in [0.1, 0.15) is 70.5 Å². The number of aromatic carboxylic acids is 1. The zero-order valence-electron chi connectivity index (χ0n) is 20.5. The molecule has 7 heteroatoms. The highest BCUT2D eigenvalue weighted by atomic mass is 16.5. The number of nitrogens with one attached hydrogen (secondary N) is 1. The minimum atomic E-state index is -1.08. The van der Waals surface area contributed by atoms with Crippen LogP contribution in [0.3, 0.4) is 0 Å². The van der Waals surface area contributed by atoms with Crippen LogP contribution in [0, 0.1) is 12.8 Å². The molecule has 2 aromatic carbocycles. The molecular weight excluding hydrogens is 442 g/mol. The first-order valence-corrected chi connectivity index (χ1v) is 11.9. The van der Waals surface area contributed by atoms with E-state index in [-0.39, 0.29) is 23.3 Å². The number of aliphatic imine (C=N–C) groups is 1. The van der Waals surface area contributed by atoms with E-state index in [4.69, 9.17) is 10.5 Å². The Labute approximate surface area is 205 Å².